The van der Waals surface area contributed by atoms with Crippen LogP contribution in [0.25, 0.3) is 22.3 Å². The van der Waals surface area contributed by atoms with Crippen molar-refractivity contribution in [2.45, 2.75) is 58.5 Å². The highest BCUT2D eigenvalue weighted by Crippen LogP contribution is 2.35. The van der Waals surface area contributed by atoms with Gasteiger partial charge in [0, 0.05) is 22.6 Å². The number of allylic oxidation sites excluding steroid dienone is 1. The fraction of sp³-hybridized carbons (Fsp3) is 0.355. The molecular weight excluding hydrogens is 483 g/mol. The lowest BCUT2D eigenvalue weighted by Gasteiger charge is -2.27. The van der Waals surface area contributed by atoms with Crippen molar-refractivity contribution >= 4 is 0 Å². The van der Waals surface area contributed by atoms with Gasteiger partial charge < -0.3 is 4.74 Å². The van der Waals surface area contributed by atoms with Crippen LogP contribution < -0.4 is 0 Å². The largest absolute Gasteiger partial charge is 0.378 e. The van der Waals surface area contributed by atoms with Crippen molar-refractivity contribution in [1.29, 1.82) is 0 Å². The standard InChI is InChI=1S/C31H31F5O/c1-3-5-19-7-12-23(37-18-19)13-10-21-11-14-25(30(35)28(21)33)26-16-15-24(29(34)31(26)36)22-9-8-20(6-4-2)27(32)17-22/h3,5,8-9,11,14-17,19,23H,4,6-7,10,12-13,18H2,1-2H3/b5-3+. The van der Waals surface area contributed by atoms with E-state index in [2.05, 4.69) is 6.08 Å². The molecule has 0 spiro atoms. The number of rotatable bonds is 8. The molecule has 196 valence electrons. The molecule has 0 radical (unpaired) electrons. The van der Waals surface area contributed by atoms with Crippen molar-refractivity contribution in [2.24, 2.45) is 5.92 Å². The van der Waals surface area contributed by atoms with Gasteiger partial charge in [-0.2, -0.15) is 0 Å². The Morgan fingerprint density at radius 1 is 0.784 bits per heavy atom. The summed E-state index contributed by atoms with van der Waals surface area (Å²) in [4.78, 5) is 0. The first kappa shape index (κ1) is 27.1. The molecule has 3 aromatic carbocycles. The molecule has 0 aliphatic carbocycles. The highest BCUT2D eigenvalue weighted by Gasteiger charge is 2.23. The van der Waals surface area contributed by atoms with Crippen molar-refractivity contribution < 1.29 is 26.7 Å². The molecule has 6 heteroatoms. The van der Waals surface area contributed by atoms with Crippen molar-refractivity contribution in [2.75, 3.05) is 6.61 Å². The van der Waals surface area contributed by atoms with Crippen LogP contribution in [0, 0.1) is 35.0 Å². The third-order valence-corrected chi connectivity index (χ3v) is 7.02. The molecule has 0 aromatic heterocycles. The lowest BCUT2D eigenvalue weighted by molar-refractivity contribution is -0.00800. The second-order valence-electron chi connectivity index (χ2n) is 9.60. The molecule has 3 aromatic rings. The van der Waals surface area contributed by atoms with E-state index in [0.29, 0.717) is 30.9 Å². The SMILES string of the molecule is C/C=C/C1CCC(CCc2ccc(-c3ccc(-c4ccc(CCC)c(F)c4)c(F)c3F)c(F)c2F)OC1. The van der Waals surface area contributed by atoms with E-state index in [9.17, 15) is 13.2 Å². The summed E-state index contributed by atoms with van der Waals surface area (Å²) in [6, 6.07) is 9.37. The average Bonchev–Trinajstić information content (AvgIpc) is 2.89. The molecule has 1 nitrogen and oxygen atoms in total. The third kappa shape index (κ3) is 5.96. The molecular formula is C31H31F5O. The minimum Gasteiger partial charge on any atom is -0.378 e. The van der Waals surface area contributed by atoms with Crippen molar-refractivity contribution in [1.82, 2.24) is 0 Å². The number of hydrogen-bond donors (Lipinski definition) is 0. The Kier molecular flexibility index (Phi) is 8.80. The van der Waals surface area contributed by atoms with Gasteiger partial charge in [0.15, 0.2) is 23.3 Å². The second-order valence-corrected chi connectivity index (χ2v) is 9.60. The summed E-state index contributed by atoms with van der Waals surface area (Å²) in [6.07, 6.45) is 8.03. The van der Waals surface area contributed by atoms with Crippen LogP contribution in [-0.2, 0) is 17.6 Å². The smallest absolute Gasteiger partial charge is 0.167 e. The Morgan fingerprint density at radius 2 is 1.43 bits per heavy atom. The Morgan fingerprint density at radius 3 is 2.08 bits per heavy atom. The Balaban J connectivity index is 1.52. The maximum atomic E-state index is 15.0. The minimum absolute atomic E-state index is 0.0244. The zero-order chi connectivity index (χ0) is 26.5. The molecule has 0 bridgehead atoms. The zero-order valence-corrected chi connectivity index (χ0v) is 21.1. The third-order valence-electron chi connectivity index (χ3n) is 7.02. The van der Waals surface area contributed by atoms with Crippen LogP contribution in [0.2, 0.25) is 0 Å². The minimum atomic E-state index is -1.31. The summed E-state index contributed by atoms with van der Waals surface area (Å²) in [5.41, 5.74) is -0.0707. The van der Waals surface area contributed by atoms with Crippen molar-refractivity contribution in [3.8, 4) is 22.3 Å². The number of ether oxygens (including phenoxy) is 1. The van der Waals surface area contributed by atoms with Crippen molar-refractivity contribution in [3.63, 3.8) is 0 Å². The summed E-state index contributed by atoms with van der Waals surface area (Å²) < 4.78 is 80.1. The van der Waals surface area contributed by atoms with Crippen LogP contribution in [0.4, 0.5) is 22.0 Å². The molecule has 2 unspecified atom stereocenters. The van der Waals surface area contributed by atoms with Gasteiger partial charge in [-0.25, -0.2) is 22.0 Å². The fourth-order valence-electron chi connectivity index (χ4n) is 4.95. The first-order valence-corrected chi connectivity index (χ1v) is 12.8. The van der Waals surface area contributed by atoms with Gasteiger partial charge in [0.05, 0.1) is 12.7 Å². The summed E-state index contributed by atoms with van der Waals surface area (Å²) in [5, 5.41) is 0. The van der Waals surface area contributed by atoms with Gasteiger partial charge in [-0.05, 0) is 61.8 Å². The summed E-state index contributed by atoms with van der Waals surface area (Å²) in [5.74, 6) is -4.96. The number of halogens is 5. The topological polar surface area (TPSA) is 9.23 Å². The van der Waals surface area contributed by atoms with Gasteiger partial charge in [0.2, 0.25) is 0 Å². The van der Waals surface area contributed by atoms with E-state index in [1.54, 1.807) is 6.07 Å². The molecule has 1 heterocycles. The number of aryl methyl sites for hydroxylation is 2. The van der Waals surface area contributed by atoms with E-state index < -0.39 is 34.6 Å². The summed E-state index contributed by atoms with van der Waals surface area (Å²) >= 11 is 0. The predicted octanol–water partition coefficient (Wildman–Crippen LogP) is 8.97. The van der Waals surface area contributed by atoms with E-state index in [0.717, 1.165) is 25.3 Å². The molecule has 2 atom stereocenters. The Hall–Kier alpha value is -2.99. The maximum absolute atomic E-state index is 15.0. The second kappa shape index (κ2) is 12.0. The van der Waals surface area contributed by atoms with Gasteiger partial charge in [-0.15, -0.1) is 0 Å². The molecule has 0 saturated carbocycles. The van der Waals surface area contributed by atoms with E-state index in [4.69, 9.17) is 4.74 Å². The average molecular weight is 515 g/mol. The maximum Gasteiger partial charge on any atom is 0.167 e. The number of benzene rings is 3. The Labute approximate surface area is 215 Å². The van der Waals surface area contributed by atoms with E-state index >= 15 is 8.78 Å². The molecule has 1 fully saturated rings. The number of hydrogen-bond acceptors (Lipinski definition) is 1. The van der Waals surface area contributed by atoms with Gasteiger partial charge in [-0.1, -0.05) is 61.9 Å². The molecule has 37 heavy (non-hydrogen) atoms. The monoisotopic (exact) mass is 514 g/mol. The molecule has 1 saturated heterocycles. The van der Waals surface area contributed by atoms with E-state index in [1.165, 1.54) is 30.3 Å². The van der Waals surface area contributed by atoms with Crippen LogP contribution in [-0.4, -0.2) is 12.7 Å². The molecule has 4 rings (SSSR count). The van der Waals surface area contributed by atoms with Gasteiger partial charge in [-0.3, -0.25) is 0 Å². The van der Waals surface area contributed by atoms with E-state index in [1.807, 2.05) is 19.9 Å². The van der Waals surface area contributed by atoms with Gasteiger partial charge in [0.25, 0.3) is 0 Å². The lowest BCUT2D eigenvalue weighted by Crippen LogP contribution is -2.25. The van der Waals surface area contributed by atoms with E-state index in [-0.39, 0.29) is 34.8 Å². The summed E-state index contributed by atoms with van der Waals surface area (Å²) in [7, 11) is 0. The van der Waals surface area contributed by atoms with Gasteiger partial charge >= 0.3 is 0 Å². The first-order chi connectivity index (χ1) is 17.8. The highest BCUT2D eigenvalue weighted by molar-refractivity contribution is 5.72. The predicted molar refractivity (Wildman–Crippen MR) is 137 cm³/mol. The van der Waals surface area contributed by atoms with Crippen LogP contribution >= 0.6 is 0 Å². The highest BCUT2D eigenvalue weighted by atomic mass is 19.2. The molecule has 1 aliphatic rings. The normalized spacial score (nSPS) is 18.0. The Bertz CT molecular complexity index is 1280. The lowest BCUT2D eigenvalue weighted by atomic mass is 9.93. The fourth-order valence-corrected chi connectivity index (χ4v) is 4.95. The van der Waals surface area contributed by atoms with Crippen LogP contribution in [0.15, 0.2) is 54.6 Å². The quantitative estimate of drug-likeness (QED) is 0.215. The van der Waals surface area contributed by atoms with Crippen molar-refractivity contribution in [3.05, 3.63) is 94.8 Å². The van der Waals surface area contributed by atoms with Crippen LogP contribution in [0.1, 0.15) is 50.7 Å². The molecule has 1 aliphatic heterocycles. The van der Waals surface area contributed by atoms with Gasteiger partial charge in [0.1, 0.15) is 5.82 Å². The molecule has 0 N–H and O–H groups in total. The summed E-state index contributed by atoms with van der Waals surface area (Å²) in [6.45, 7) is 4.50. The first-order valence-electron chi connectivity index (χ1n) is 12.8. The van der Waals surface area contributed by atoms with Crippen LogP contribution in [0.5, 0.6) is 0 Å². The molecule has 0 amide bonds. The zero-order valence-electron chi connectivity index (χ0n) is 21.1. The van der Waals surface area contributed by atoms with Crippen LogP contribution in [0.3, 0.4) is 0 Å².